The third-order valence-corrected chi connectivity index (χ3v) is 4.19. The summed E-state index contributed by atoms with van der Waals surface area (Å²) in [7, 11) is 3.96. The van der Waals surface area contributed by atoms with Gasteiger partial charge >= 0.3 is 0 Å². The number of hydrogen-bond donors (Lipinski definition) is 1. The average molecular weight is 330 g/mol. The first-order valence-corrected chi connectivity index (χ1v) is 8.33. The van der Waals surface area contributed by atoms with Crippen LogP contribution >= 0.6 is 0 Å². The molecule has 1 N–H and O–H groups in total. The van der Waals surface area contributed by atoms with Crippen LogP contribution in [0.25, 0.3) is 0 Å². The summed E-state index contributed by atoms with van der Waals surface area (Å²) in [5.41, 5.74) is 3.85. The van der Waals surface area contributed by atoms with Crippen molar-refractivity contribution in [1.29, 1.82) is 0 Å². The predicted molar refractivity (Wildman–Crippen MR) is 103 cm³/mol. The molecule has 0 heterocycles. The van der Waals surface area contributed by atoms with E-state index in [0.29, 0.717) is 5.56 Å². The molecule has 0 fully saturated rings. The summed E-state index contributed by atoms with van der Waals surface area (Å²) in [6, 6.07) is 27.5. The standard InChI is InChI=1S/C22H22N2O/c1-24(2)20-15-13-19(14-16-20)22(25)23-21(17-9-5-3-6-10-17)18-11-7-4-8-12-18/h3-16,21H,1-2H3,(H,23,25). The van der Waals surface area contributed by atoms with Gasteiger partial charge in [-0.1, -0.05) is 60.7 Å². The van der Waals surface area contributed by atoms with Gasteiger partial charge in [0.25, 0.3) is 5.91 Å². The van der Waals surface area contributed by atoms with Crippen LogP contribution in [0.5, 0.6) is 0 Å². The molecule has 0 saturated heterocycles. The third kappa shape index (κ3) is 4.07. The third-order valence-electron chi connectivity index (χ3n) is 4.19. The molecule has 0 aliphatic carbocycles. The van der Waals surface area contributed by atoms with E-state index in [1.165, 1.54) is 0 Å². The van der Waals surface area contributed by atoms with Crippen LogP contribution in [-0.2, 0) is 0 Å². The maximum Gasteiger partial charge on any atom is 0.252 e. The van der Waals surface area contributed by atoms with Gasteiger partial charge in [0.15, 0.2) is 0 Å². The minimum Gasteiger partial charge on any atom is -0.378 e. The van der Waals surface area contributed by atoms with Crippen molar-refractivity contribution in [3.8, 4) is 0 Å². The van der Waals surface area contributed by atoms with E-state index < -0.39 is 0 Å². The molecule has 0 radical (unpaired) electrons. The Morgan fingerprint density at radius 2 is 1.24 bits per heavy atom. The molecule has 3 heteroatoms. The molecule has 0 atom stereocenters. The largest absolute Gasteiger partial charge is 0.378 e. The van der Waals surface area contributed by atoms with Crippen molar-refractivity contribution in [2.24, 2.45) is 0 Å². The Labute approximate surface area is 148 Å². The number of rotatable bonds is 5. The fraction of sp³-hybridized carbons (Fsp3) is 0.136. The van der Waals surface area contributed by atoms with Gasteiger partial charge in [-0.15, -0.1) is 0 Å². The van der Waals surface area contributed by atoms with Crippen molar-refractivity contribution in [2.75, 3.05) is 19.0 Å². The number of carbonyl (C=O) groups is 1. The lowest BCUT2D eigenvalue weighted by molar-refractivity contribution is 0.0943. The first kappa shape index (κ1) is 16.8. The van der Waals surface area contributed by atoms with E-state index in [1.807, 2.05) is 104 Å². The fourth-order valence-electron chi connectivity index (χ4n) is 2.78. The molecule has 0 aromatic heterocycles. The minimum atomic E-state index is -0.177. The van der Waals surface area contributed by atoms with Crippen molar-refractivity contribution < 1.29 is 4.79 Å². The molecule has 0 saturated carbocycles. The van der Waals surface area contributed by atoms with Gasteiger partial charge in [-0.05, 0) is 35.4 Å². The van der Waals surface area contributed by atoms with Gasteiger partial charge in [0.1, 0.15) is 0 Å². The first-order valence-electron chi connectivity index (χ1n) is 8.33. The Morgan fingerprint density at radius 1 is 0.760 bits per heavy atom. The Morgan fingerprint density at radius 3 is 1.68 bits per heavy atom. The predicted octanol–water partition coefficient (Wildman–Crippen LogP) is 4.27. The Hall–Kier alpha value is -3.07. The van der Waals surface area contributed by atoms with Gasteiger partial charge in [-0.3, -0.25) is 4.79 Å². The maximum atomic E-state index is 12.8. The smallest absolute Gasteiger partial charge is 0.252 e. The van der Waals surface area contributed by atoms with Crippen molar-refractivity contribution in [3.63, 3.8) is 0 Å². The van der Waals surface area contributed by atoms with E-state index in [-0.39, 0.29) is 11.9 Å². The van der Waals surface area contributed by atoms with Gasteiger partial charge in [0, 0.05) is 25.3 Å². The second-order valence-corrected chi connectivity index (χ2v) is 6.17. The molecule has 0 aliphatic heterocycles. The Bertz CT molecular complexity index is 772. The molecule has 0 spiro atoms. The van der Waals surface area contributed by atoms with Crippen LogP contribution in [0, 0.1) is 0 Å². The zero-order valence-electron chi connectivity index (χ0n) is 14.5. The molecule has 3 aromatic carbocycles. The van der Waals surface area contributed by atoms with Crippen LogP contribution in [-0.4, -0.2) is 20.0 Å². The number of amides is 1. The molecule has 3 nitrogen and oxygen atoms in total. The van der Waals surface area contributed by atoms with E-state index in [9.17, 15) is 4.79 Å². The molecule has 126 valence electrons. The molecular weight excluding hydrogens is 308 g/mol. The normalized spacial score (nSPS) is 10.5. The number of nitrogens with zero attached hydrogens (tertiary/aromatic N) is 1. The summed E-state index contributed by atoms with van der Waals surface area (Å²) < 4.78 is 0. The lowest BCUT2D eigenvalue weighted by atomic mass is 9.98. The molecule has 25 heavy (non-hydrogen) atoms. The number of nitrogens with one attached hydrogen (secondary N) is 1. The highest BCUT2D eigenvalue weighted by Crippen LogP contribution is 2.22. The first-order chi connectivity index (χ1) is 12.1. The molecular formula is C22H22N2O. The molecule has 0 unspecified atom stereocenters. The second-order valence-electron chi connectivity index (χ2n) is 6.17. The van der Waals surface area contributed by atoms with Crippen molar-refractivity contribution >= 4 is 11.6 Å². The highest BCUT2D eigenvalue weighted by Gasteiger charge is 2.17. The minimum absolute atomic E-state index is 0.0805. The lowest BCUT2D eigenvalue weighted by Crippen LogP contribution is -2.29. The zero-order valence-corrected chi connectivity index (χ0v) is 14.5. The van der Waals surface area contributed by atoms with E-state index in [0.717, 1.165) is 16.8 Å². The molecule has 0 bridgehead atoms. The van der Waals surface area contributed by atoms with Crippen LogP contribution in [0.3, 0.4) is 0 Å². The number of benzene rings is 3. The topological polar surface area (TPSA) is 32.3 Å². The van der Waals surface area contributed by atoms with Crippen LogP contribution in [0.1, 0.15) is 27.5 Å². The molecule has 0 aliphatic rings. The van der Waals surface area contributed by atoms with E-state index in [1.54, 1.807) is 0 Å². The van der Waals surface area contributed by atoms with Crippen LogP contribution < -0.4 is 10.2 Å². The number of anilines is 1. The van der Waals surface area contributed by atoms with Gasteiger partial charge < -0.3 is 10.2 Å². The second kappa shape index (κ2) is 7.67. The summed E-state index contributed by atoms with van der Waals surface area (Å²) in [6.07, 6.45) is 0. The van der Waals surface area contributed by atoms with Crippen LogP contribution in [0.15, 0.2) is 84.9 Å². The molecule has 3 rings (SSSR count). The summed E-state index contributed by atoms with van der Waals surface area (Å²) in [5.74, 6) is -0.0805. The summed E-state index contributed by atoms with van der Waals surface area (Å²) in [5, 5.41) is 3.16. The van der Waals surface area contributed by atoms with E-state index >= 15 is 0 Å². The molecule has 1 amide bonds. The van der Waals surface area contributed by atoms with Crippen LogP contribution in [0.4, 0.5) is 5.69 Å². The van der Waals surface area contributed by atoms with Gasteiger partial charge in [-0.25, -0.2) is 0 Å². The SMILES string of the molecule is CN(C)c1ccc(C(=O)NC(c2ccccc2)c2ccccc2)cc1. The van der Waals surface area contributed by atoms with Gasteiger partial charge in [0.2, 0.25) is 0 Å². The average Bonchev–Trinajstić information content (AvgIpc) is 2.67. The van der Waals surface area contributed by atoms with Gasteiger partial charge in [-0.2, -0.15) is 0 Å². The fourth-order valence-corrected chi connectivity index (χ4v) is 2.78. The van der Waals surface area contributed by atoms with E-state index in [4.69, 9.17) is 0 Å². The Balaban J connectivity index is 1.86. The highest BCUT2D eigenvalue weighted by atomic mass is 16.1. The van der Waals surface area contributed by atoms with Crippen molar-refractivity contribution in [2.45, 2.75) is 6.04 Å². The van der Waals surface area contributed by atoms with Crippen molar-refractivity contribution in [3.05, 3.63) is 102 Å². The highest BCUT2D eigenvalue weighted by molar-refractivity contribution is 5.95. The van der Waals surface area contributed by atoms with E-state index in [2.05, 4.69) is 5.32 Å². The number of carbonyl (C=O) groups excluding carboxylic acids is 1. The monoisotopic (exact) mass is 330 g/mol. The number of hydrogen-bond acceptors (Lipinski definition) is 2. The van der Waals surface area contributed by atoms with Gasteiger partial charge in [0.05, 0.1) is 6.04 Å². The molecule has 3 aromatic rings. The van der Waals surface area contributed by atoms with Crippen LogP contribution in [0.2, 0.25) is 0 Å². The summed E-state index contributed by atoms with van der Waals surface area (Å²) in [4.78, 5) is 14.8. The summed E-state index contributed by atoms with van der Waals surface area (Å²) in [6.45, 7) is 0. The quantitative estimate of drug-likeness (QED) is 0.757. The zero-order chi connectivity index (χ0) is 17.6. The van der Waals surface area contributed by atoms with Crippen molar-refractivity contribution in [1.82, 2.24) is 5.32 Å². The maximum absolute atomic E-state index is 12.8. The Kier molecular flexibility index (Phi) is 5.14. The lowest BCUT2D eigenvalue weighted by Gasteiger charge is -2.20. The summed E-state index contributed by atoms with van der Waals surface area (Å²) >= 11 is 0.